The predicted molar refractivity (Wildman–Crippen MR) is 108 cm³/mol. The quantitative estimate of drug-likeness (QED) is 0.667. The SMILES string of the molecule is C=O.C=O.CC(=O)c1cn(C)c(-c2c(F)cccc2Cl)n1.CCCC(C)C. The van der Waals surface area contributed by atoms with Gasteiger partial charge in [0.05, 0.1) is 10.6 Å². The average molecular weight is 399 g/mol. The molecule has 0 atom stereocenters. The average Bonchev–Trinajstić information content (AvgIpc) is 3.01. The molecule has 1 aromatic heterocycles. The Labute approximate surface area is 165 Å². The van der Waals surface area contributed by atoms with E-state index in [0.29, 0.717) is 11.5 Å². The van der Waals surface area contributed by atoms with Crippen LogP contribution in [-0.4, -0.2) is 28.9 Å². The highest BCUT2D eigenvalue weighted by Crippen LogP contribution is 2.29. The van der Waals surface area contributed by atoms with E-state index in [2.05, 4.69) is 25.8 Å². The van der Waals surface area contributed by atoms with Gasteiger partial charge < -0.3 is 14.2 Å². The first-order valence-corrected chi connectivity index (χ1v) is 8.72. The second-order valence-electron chi connectivity index (χ2n) is 5.90. The molecule has 0 N–H and O–H groups in total. The maximum absolute atomic E-state index is 13.7. The number of imidazole rings is 1. The number of hydrogen-bond acceptors (Lipinski definition) is 4. The number of carbonyl (C=O) groups excluding carboxylic acids is 3. The summed E-state index contributed by atoms with van der Waals surface area (Å²) in [4.78, 5) is 31.3. The standard InChI is InChI=1S/C12H10ClFN2O.C6H14.2CH2O/c1-7(17)10-6-16(2)12(15-10)11-8(13)4-3-5-9(11)14;1-4-5-6(2)3;2*1-2/h3-6H,1-2H3;6H,4-5H2,1-3H3;2*1H2. The van der Waals surface area contributed by atoms with Crippen molar-refractivity contribution >= 4 is 31.0 Å². The zero-order valence-electron chi connectivity index (χ0n) is 16.6. The van der Waals surface area contributed by atoms with Crippen molar-refractivity contribution in [1.82, 2.24) is 9.55 Å². The normalized spacial score (nSPS) is 9.19. The van der Waals surface area contributed by atoms with Crippen LogP contribution >= 0.6 is 11.6 Å². The van der Waals surface area contributed by atoms with Crippen molar-refractivity contribution in [3.8, 4) is 11.4 Å². The first-order valence-electron chi connectivity index (χ1n) is 8.34. The van der Waals surface area contributed by atoms with Crippen LogP contribution < -0.4 is 0 Å². The van der Waals surface area contributed by atoms with Gasteiger partial charge >= 0.3 is 0 Å². The van der Waals surface area contributed by atoms with Crippen molar-refractivity contribution < 1.29 is 18.8 Å². The lowest BCUT2D eigenvalue weighted by Crippen LogP contribution is -1.95. The molecule has 0 saturated heterocycles. The zero-order chi connectivity index (χ0) is 21.6. The van der Waals surface area contributed by atoms with Crippen LogP contribution in [-0.2, 0) is 16.6 Å². The number of nitrogens with zero attached hydrogens (tertiary/aromatic N) is 2. The van der Waals surface area contributed by atoms with Gasteiger partial charge in [-0.05, 0) is 18.1 Å². The molecule has 7 heteroatoms. The summed E-state index contributed by atoms with van der Waals surface area (Å²) >= 11 is 5.95. The molecule has 27 heavy (non-hydrogen) atoms. The largest absolute Gasteiger partial charge is 0.333 e. The Kier molecular flexibility index (Phi) is 14.7. The molecule has 1 heterocycles. The highest BCUT2D eigenvalue weighted by molar-refractivity contribution is 6.33. The van der Waals surface area contributed by atoms with E-state index in [9.17, 15) is 9.18 Å². The molecule has 5 nitrogen and oxygen atoms in total. The Hall–Kier alpha value is -2.34. The molecule has 1 aromatic carbocycles. The summed E-state index contributed by atoms with van der Waals surface area (Å²) in [5, 5.41) is 0.272. The van der Waals surface area contributed by atoms with Crippen LogP contribution in [0.2, 0.25) is 5.02 Å². The van der Waals surface area contributed by atoms with Gasteiger partial charge in [0.1, 0.15) is 30.9 Å². The number of carbonyl (C=O) groups is 3. The van der Waals surface area contributed by atoms with Gasteiger partial charge in [0.15, 0.2) is 5.78 Å². The summed E-state index contributed by atoms with van der Waals surface area (Å²) in [6, 6.07) is 4.42. The van der Waals surface area contributed by atoms with E-state index in [1.54, 1.807) is 23.9 Å². The third-order valence-corrected chi connectivity index (χ3v) is 3.60. The van der Waals surface area contributed by atoms with E-state index >= 15 is 0 Å². The highest BCUT2D eigenvalue weighted by atomic mass is 35.5. The monoisotopic (exact) mass is 398 g/mol. The van der Waals surface area contributed by atoms with Gasteiger partial charge in [-0.15, -0.1) is 0 Å². The summed E-state index contributed by atoms with van der Waals surface area (Å²) in [5.41, 5.74) is 0.506. The minimum absolute atomic E-state index is 0.167. The lowest BCUT2D eigenvalue weighted by molar-refractivity contribution is -0.0987. The number of ketones is 1. The minimum Gasteiger partial charge on any atom is -0.333 e. The molecule has 0 aliphatic carbocycles. The summed E-state index contributed by atoms with van der Waals surface area (Å²) in [5.74, 6) is 0.619. The topological polar surface area (TPSA) is 69.0 Å². The van der Waals surface area contributed by atoms with Crippen molar-refractivity contribution in [1.29, 1.82) is 0 Å². The molecule has 0 unspecified atom stereocenters. The smallest absolute Gasteiger partial charge is 0.179 e. The Bertz CT molecular complexity index is 680. The molecule has 0 radical (unpaired) electrons. The van der Waals surface area contributed by atoms with E-state index < -0.39 is 5.82 Å². The van der Waals surface area contributed by atoms with Crippen molar-refractivity contribution in [2.45, 2.75) is 40.5 Å². The van der Waals surface area contributed by atoms with Crippen LogP contribution in [0.3, 0.4) is 0 Å². The molecular weight excluding hydrogens is 371 g/mol. The van der Waals surface area contributed by atoms with Crippen LogP contribution in [0.5, 0.6) is 0 Å². The van der Waals surface area contributed by atoms with Crippen molar-refractivity contribution in [2.75, 3.05) is 0 Å². The second-order valence-corrected chi connectivity index (χ2v) is 6.30. The lowest BCUT2D eigenvalue weighted by Gasteiger charge is -2.05. The Morgan fingerprint density at radius 2 is 1.81 bits per heavy atom. The van der Waals surface area contributed by atoms with Gasteiger partial charge in [0, 0.05) is 20.2 Å². The lowest BCUT2D eigenvalue weighted by atomic mass is 10.1. The molecule has 2 rings (SSSR count). The number of aryl methyl sites for hydroxylation is 1. The van der Waals surface area contributed by atoms with Crippen molar-refractivity contribution in [3.05, 3.63) is 40.9 Å². The molecule has 0 fully saturated rings. The zero-order valence-corrected chi connectivity index (χ0v) is 17.3. The van der Waals surface area contributed by atoms with E-state index in [4.69, 9.17) is 21.2 Å². The van der Waals surface area contributed by atoms with Gasteiger partial charge in [0.25, 0.3) is 0 Å². The second kappa shape index (κ2) is 14.8. The molecule has 0 aliphatic heterocycles. The van der Waals surface area contributed by atoms with E-state index in [1.165, 1.54) is 31.9 Å². The summed E-state index contributed by atoms with van der Waals surface area (Å²) < 4.78 is 15.3. The minimum atomic E-state index is -0.457. The molecule has 0 aliphatic rings. The third-order valence-electron chi connectivity index (χ3n) is 3.29. The van der Waals surface area contributed by atoms with Gasteiger partial charge in [-0.25, -0.2) is 9.37 Å². The molecule has 2 aromatic rings. The van der Waals surface area contributed by atoms with E-state index in [1.807, 2.05) is 13.6 Å². The molecular formula is C20H28ClFN2O3. The molecule has 150 valence electrons. The predicted octanol–water partition coefficient (Wildman–Crippen LogP) is 5.15. The fraction of sp³-hybridized carbons (Fsp3) is 0.400. The first-order chi connectivity index (χ1) is 12.8. The first kappa shape index (κ1) is 26.9. The van der Waals surface area contributed by atoms with Gasteiger partial charge in [0.2, 0.25) is 0 Å². The third kappa shape index (κ3) is 9.24. The number of Topliss-reactive ketones (excluding diaryl/α,β-unsaturated/α-hetero) is 1. The summed E-state index contributed by atoms with van der Waals surface area (Å²) in [7, 11) is 1.69. The Morgan fingerprint density at radius 1 is 1.26 bits per heavy atom. The van der Waals surface area contributed by atoms with Crippen LogP contribution in [0.1, 0.15) is 51.0 Å². The molecule has 0 spiro atoms. The van der Waals surface area contributed by atoms with Crippen LogP contribution in [0.25, 0.3) is 11.4 Å². The van der Waals surface area contributed by atoms with E-state index in [-0.39, 0.29) is 16.4 Å². The van der Waals surface area contributed by atoms with Crippen molar-refractivity contribution in [2.24, 2.45) is 13.0 Å². The fourth-order valence-electron chi connectivity index (χ4n) is 2.16. The van der Waals surface area contributed by atoms with Crippen LogP contribution in [0, 0.1) is 11.7 Å². The molecule has 0 saturated carbocycles. The summed E-state index contributed by atoms with van der Waals surface area (Å²) in [6.45, 7) is 12.1. The van der Waals surface area contributed by atoms with E-state index in [0.717, 1.165) is 5.92 Å². The van der Waals surface area contributed by atoms with Gasteiger partial charge in [-0.3, -0.25) is 4.79 Å². The molecule has 0 amide bonds. The number of aromatic nitrogens is 2. The van der Waals surface area contributed by atoms with Crippen LogP contribution in [0.4, 0.5) is 4.39 Å². The summed E-state index contributed by atoms with van der Waals surface area (Å²) in [6.07, 6.45) is 4.26. The van der Waals surface area contributed by atoms with Crippen molar-refractivity contribution in [3.63, 3.8) is 0 Å². The number of rotatable bonds is 4. The number of hydrogen-bond donors (Lipinski definition) is 0. The number of benzene rings is 1. The maximum atomic E-state index is 13.7. The highest BCUT2D eigenvalue weighted by Gasteiger charge is 2.16. The fourth-order valence-corrected chi connectivity index (χ4v) is 2.40. The van der Waals surface area contributed by atoms with Crippen LogP contribution in [0.15, 0.2) is 24.4 Å². The Balaban J connectivity index is 0. The maximum Gasteiger partial charge on any atom is 0.179 e. The van der Waals surface area contributed by atoms with Gasteiger partial charge in [-0.2, -0.15) is 0 Å². The van der Waals surface area contributed by atoms with Gasteiger partial charge in [-0.1, -0.05) is 51.3 Å². The Morgan fingerprint density at radius 3 is 2.15 bits per heavy atom. The number of halogens is 2. The molecule has 0 bridgehead atoms.